The van der Waals surface area contributed by atoms with E-state index in [4.69, 9.17) is 4.74 Å². The molecule has 4 atom stereocenters. The molecular formula is C28H30N2O5. The van der Waals surface area contributed by atoms with Crippen LogP contribution in [-0.4, -0.2) is 30.2 Å². The van der Waals surface area contributed by atoms with Crippen LogP contribution in [0.2, 0.25) is 0 Å². The van der Waals surface area contributed by atoms with E-state index in [1.165, 1.54) is 4.90 Å². The predicted octanol–water partition coefficient (Wildman–Crippen LogP) is 4.19. The molecule has 0 bridgehead atoms. The van der Waals surface area contributed by atoms with Crippen LogP contribution in [0.1, 0.15) is 43.7 Å². The Labute approximate surface area is 205 Å². The van der Waals surface area contributed by atoms with Crippen LogP contribution in [0, 0.1) is 37.5 Å². The highest BCUT2D eigenvalue weighted by Crippen LogP contribution is 2.42. The van der Waals surface area contributed by atoms with Crippen molar-refractivity contribution in [2.45, 2.75) is 46.5 Å². The summed E-state index contributed by atoms with van der Waals surface area (Å²) >= 11 is 0. The van der Waals surface area contributed by atoms with Crippen LogP contribution in [0.3, 0.4) is 0 Å². The van der Waals surface area contributed by atoms with Crippen LogP contribution in [0.5, 0.6) is 5.75 Å². The van der Waals surface area contributed by atoms with E-state index in [1.807, 2.05) is 32.0 Å². The van der Waals surface area contributed by atoms with Gasteiger partial charge in [-0.3, -0.25) is 24.1 Å². The van der Waals surface area contributed by atoms with Crippen LogP contribution in [0.25, 0.3) is 0 Å². The van der Waals surface area contributed by atoms with Gasteiger partial charge in [-0.2, -0.15) is 0 Å². The van der Waals surface area contributed by atoms with Gasteiger partial charge in [-0.25, -0.2) is 0 Å². The average molecular weight is 475 g/mol. The first-order valence-electron chi connectivity index (χ1n) is 12.3. The quantitative estimate of drug-likeness (QED) is 0.377. The summed E-state index contributed by atoms with van der Waals surface area (Å²) in [5.74, 6) is -1.08. The molecular weight excluding hydrogens is 444 g/mol. The Morgan fingerprint density at radius 3 is 2.37 bits per heavy atom. The number of fused-ring (bicyclic) bond motifs is 1. The van der Waals surface area contributed by atoms with Crippen molar-refractivity contribution in [3.63, 3.8) is 0 Å². The first-order valence-corrected chi connectivity index (χ1v) is 12.3. The fourth-order valence-corrected chi connectivity index (χ4v) is 5.71. The second-order valence-electron chi connectivity index (χ2n) is 10.3. The summed E-state index contributed by atoms with van der Waals surface area (Å²) in [6.07, 6.45) is 2.57. The maximum Gasteiger partial charge on any atom is 0.316 e. The number of ether oxygens (including phenoxy) is 1. The number of anilines is 2. The minimum atomic E-state index is -0.560. The molecule has 3 aliphatic rings. The molecule has 0 aromatic heterocycles. The molecule has 2 aromatic rings. The molecule has 3 amide bonds. The number of carbonyl (C=O) groups is 4. The zero-order chi connectivity index (χ0) is 24.9. The van der Waals surface area contributed by atoms with Gasteiger partial charge < -0.3 is 9.64 Å². The number of carbonyl (C=O) groups excluding carboxylic acids is 4. The third kappa shape index (κ3) is 4.24. The van der Waals surface area contributed by atoms with Gasteiger partial charge in [0.25, 0.3) is 0 Å². The standard InChI is InChI=1S/C28H30N2O5/c1-16-5-11-24(18(3)12-16)29-15-19(14-25(29)31)28(34)35-21-8-6-20(7-9-21)30-26(32)22-10-4-17(2)13-23(22)27(30)33/h5-9,11-12,17,19,22-23H,4,10,13-15H2,1-3H3/t17-,19+,22+,23-/m0/s1. The topological polar surface area (TPSA) is 84.0 Å². The lowest BCUT2D eigenvalue weighted by molar-refractivity contribution is -0.139. The molecule has 35 heavy (non-hydrogen) atoms. The smallest absolute Gasteiger partial charge is 0.316 e. The van der Waals surface area contributed by atoms with Crippen LogP contribution in [-0.2, 0) is 19.2 Å². The highest BCUT2D eigenvalue weighted by atomic mass is 16.5. The molecule has 0 N–H and O–H groups in total. The van der Waals surface area contributed by atoms with Gasteiger partial charge in [0.1, 0.15) is 5.75 Å². The zero-order valence-electron chi connectivity index (χ0n) is 20.3. The summed E-state index contributed by atoms with van der Waals surface area (Å²) in [6.45, 7) is 6.35. The maximum atomic E-state index is 12.9. The van der Waals surface area contributed by atoms with E-state index in [9.17, 15) is 19.2 Å². The molecule has 5 rings (SSSR count). The number of hydrogen-bond acceptors (Lipinski definition) is 5. The molecule has 7 heteroatoms. The van der Waals surface area contributed by atoms with Crippen molar-refractivity contribution in [1.29, 1.82) is 0 Å². The van der Waals surface area contributed by atoms with Crippen LogP contribution in [0.4, 0.5) is 11.4 Å². The number of nitrogens with zero attached hydrogens (tertiary/aromatic N) is 2. The van der Waals surface area contributed by atoms with Crippen molar-refractivity contribution >= 4 is 35.1 Å². The van der Waals surface area contributed by atoms with Gasteiger partial charge in [0.15, 0.2) is 0 Å². The van der Waals surface area contributed by atoms with E-state index in [2.05, 4.69) is 6.92 Å². The van der Waals surface area contributed by atoms with Crippen molar-refractivity contribution in [3.05, 3.63) is 53.6 Å². The predicted molar refractivity (Wildman–Crippen MR) is 131 cm³/mol. The van der Waals surface area contributed by atoms with Crippen LogP contribution in [0.15, 0.2) is 42.5 Å². The number of amides is 3. The molecule has 2 aromatic carbocycles. The van der Waals surface area contributed by atoms with Gasteiger partial charge in [0.05, 0.1) is 23.4 Å². The first-order chi connectivity index (χ1) is 16.7. The summed E-state index contributed by atoms with van der Waals surface area (Å²) in [4.78, 5) is 54.2. The van der Waals surface area contributed by atoms with E-state index in [-0.39, 0.29) is 42.5 Å². The van der Waals surface area contributed by atoms with Gasteiger partial charge in [-0.1, -0.05) is 24.6 Å². The Balaban J connectivity index is 1.25. The number of benzene rings is 2. The van der Waals surface area contributed by atoms with Crippen LogP contribution < -0.4 is 14.5 Å². The SMILES string of the molecule is Cc1ccc(N2C[C@H](C(=O)Oc3ccc(N4C(=O)[C@H]5C[C@@H](C)CC[C@H]5C4=O)cc3)CC2=O)c(C)c1. The minimum absolute atomic E-state index is 0.0994. The Hall–Kier alpha value is -3.48. The Morgan fingerprint density at radius 2 is 1.66 bits per heavy atom. The second-order valence-corrected chi connectivity index (χ2v) is 10.3. The highest BCUT2D eigenvalue weighted by Gasteiger charge is 2.50. The van der Waals surface area contributed by atoms with Gasteiger partial charge in [-0.15, -0.1) is 0 Å². The van der Waals surface area contributed by atoms with E-state index in [0.29, 0.717) is 17.4 Å². The Kier molecular flexibility index (Phi) is 5.95. The highest BCUT2D eigenvalue weighted by molar-refractivity contribution is 6.22. The van der Waals surface area contributed by atoms with Crippen molar-refractivity contribution in [3.8, 4) is 5.75 Å². The van der Waals surface area contributed by atoms with Gasteiger partial charge >= 0.3 is 5.97 Å². The lowest BCUT2D eigenvalue weighted by Crippen LogP contribution is -2.30. The summed E-state index contributed by atoms with van der Waals surface area (Å²) in [7, 11) is 0. The summed E-state index contributed by atoms with van der Waals surface area (Å²) in [6, 6.07) is 12.3. The largest absolute Gasteiger partial charge is 0.426 e. The molecule has 7 nitrogen and oxygen atoms in total. The minimum Gasteiger partial charge on any atom is -0.426 e. The number of esters is 1. The molecule has 1 saturated carbocycles. The molecule has 0 spiro atoms. The molecule has 3 fully saturated rings. The summed E-state index contributed by atoms with van der Waals surface area (Å²) < 4.78 is 5.55. The molecule has 2 saturated heterocycles. The molecule has 182 valence electrons. The zero-order valence-corrected chi connectivity index (χ0v) is 20.3. The molecule has 0 radical (unpaired) electrons. The number of rotatable bonds is 4. The fourth-order valence-electron chi connectivity index (χ4n) is 5.71. The number of hydrogen-bond donors (Lipinski definition) is 0. The van der Waals surface area contributed by atoms with Gasteiger partial charge in [0.2, 0.25) is 17.7 Å². The Morgan fingerprint density at radius 1 is 0.943 bits per heavy atom. The molecule has 1 aliphatic carbocycles. The van der Waals surface area contributed by atoms with E-state index in [0.717, 1.165) is 36.1 Å². The van der Waals surface area contributed by atoms with Crippen molar-refractivity contribution < 1.29 is 23.9 Å². The van der Waals surface area contributed by atoms with E-state index < -0.39 is 11.9 Å². The van der Waals surface area contributed by atoms with Crippen molar-refractivity contribution in [2.75, 3.05) is 16.3 Å². The normalized spacial score (nSPS) is 26.3. The summed E-state index contributed by atoms with van der Waals surface area (Å²) in [5, 5.41) is 0. The van der Waals surface area contributed by atoms with E-state index >= 15 is 0 Å². The van der Waals surface area contributed by atoms with Gasteiger partial charge in [-0.05, 0) is 74.9 Å². The average Bonchev–Trinajstić information content (AvgIpc) is 3.32. The first kappa shape index (κ1) is 23.3. The molecule has 0 unspecified atom stereocenters. The number of aryl methyl sites for hydroxylation is 2. The van der Waals surface area contributed by atoms with Crippen LogP contribution >= 0.6 is 0 Å². The number of imide groups is 1. The maximum absolute atomic E-state index is 12.9. The molecule has 2 heterocycles. The lowest BCUT2D eigenvalue weighted by atomic mass is 9.76. The van der Waals surface area contributed by atoms with Gasteiger partial charge in [0, 0.05) is 18.7 Å². The van der Waals surface area contributed by atoms with Crippen molar-refractivity contribution in [1.82, 2.24) is 0 Å². The third-order valence-corrected chi connectivity index (χ3v) is 7.60. The summed E-state index contributed by atoms with van der Waals surface area (Å²) in [5.41, 5.74) is 3.42. The molecule has 2 aliphatic heterocycles. The fraction of sp³-hybridized carbons (Fsp3) is 0.429. The van der Waals surface area contributed by atoms with E-state index in [1.54, 1.807) is 29.2 Å². The monoisotopic (exact) mass is 474 g/mol. The lowest BCUT2D eigenvalue weighted by Gasteiger charge is -2.25. The Bertz CT molecular complexity index is 1200. The second kappa shape index (κ2) is 8.95. The van der Waals surface area contributed by atoms with Crippen molar-refractivity contribution in [2.24, 2.45) is 23.7 Å². The third-order valence-electron chi connectivity index (χ3n) is 7.60.